The maximum Gasteiger partial charge on any atom is 0.391 e. The number of nitrogens with one attached hydrogen (secondary N) is 2. The quantitative estimate of drug-likeness (QED) is 0.610. The molecule has 0 aromatic carbocycles. The van der Waals surface area contributed by atoms with Crippen LogP contribution in [0.3, 0.4) is 0 Å². The lowest BCUT2D eigenvalue weighted by molar-refractivity contribution is -0.183. The average molecular weight is 518 g/mol. The van der Waals surface area contributed by atoms with Gasteiger partial charge in [0.1, 0.15) is 11.7 Å². The second kappa shape index (κ2) is 11.3. The summed E-state index contributed by atoms with van der Waals surface area (Å²) in [6.07, 6.45) is 2.77. The van der Waals surface area contributed by atoms with Crippen molar-refractivity contribution < 1.29 is 17.9 Å². The van der Waals surface area contributed by atoms with Gasteiger partial charge in [-0.1, -0.05) is 0 Å². The number of pyridine rings is 1. The van der Waals surface area contributed by atoms with E-state index in [1.165, 1.54) is 0 Å². The van der Waals surface area contributed by atoms with E-state index in [0.29, 0.717) is 38.4 Å². The van der Waals surface area contributed by atoms with Crippen LogP contribution in [0.2, 0.25) is 0 Å². The zero-order valence-electron chi connectivity index (χ0n) is 20.8. The number of anilines is 2. The average Bonchev–Trinajstić information content (AvgIpc) is 2.92. The Bertz CT molecular complexity index is 1010. The van der Waals surface area contributed by atoms with Crippen LogP contribution in [0.25, 0.3) is 0 Å². The van der Waals surface area contributed by atoms with Gasteiger partial charge in [-0.05, 0) is 56.6 Å². The van der Waals surface area contributed by atoms with Crippen molar-refractivity contribution in [1.29, 1.82) is 5.26 Å². The first-order valence-corrected chi connectivity index (χ1v) is 13.3. The van der Waals surface area contributed by atoms with Crippen LogP contribution in [0, 0.1) is 29.1 Å². The molecule has 2 saturated carbocycles. The molecule has 4 unspecified atom stereocenters. The van der Waals surface area contributed by atoms with E-state index in [1.807, 2.05) is 18.3 Å². The summed E-state index contributed by atoms with van der Waals surface area (Å²) < 4.78 is 44.1. The second-order valence-corrected chi connectivity index (χ2v) is 10.5. The van der Waals surface area contributed by atoms with Gasteiger partial charge in [-0.25, -0.2) is 4.98 Å². The number of amidine groups is 1. The first-order valence-electron chi connectivity index (χ1n) is 13.3. The number of halogens is 3. The van der Waals surface area contributed by atoms with E-state index in [9.17, 15) is 18.4 Å². The van der Waals surface area contributed by atoms with Crippen molar-refractivity contribution >= 4 is 23.6 Å². The lowest BCUT2D eigenvalue weighted by Crippen LogP contribution is -2.50. The number of aromatic nitrogens is 1. The van der Waals surface area contributed by atoms with Gasteiger partial charge in [-0.3, -0.25) is 9.98 Å². The molecule has 1 saturated heterocycles. The topological polar surface area (TPSA) is 97.9 Å². The Morgan fingerprint density at radius 1 is 1.08 bits per heavy atom. The number of ether oxygens (including phenoxy) is 1. The summed E-state index contributed by atoms with van der Waals surface area (Å²) in [7, 11) is 0. The van der Waals surface area contributed by atoms with Crippen LogP contribution in [-0.4, -0.2) is 79.1 Å². The molecular formula is C26H34F3N7O. The van der Waals surface area contributed by atoms with E-state index < -0.39 is 12.1 Å². The molecule has 0 spiro atoms. The van der Waals surface area contributed by atoms with Gasteiger partial charge in [0.2, 0.25) is 0 Å². The number of nitriles is 1. The largest absolute Gasteiger partial charge is 0.391 e. The molecule has 0 bridgehead atoms. The molecule has 5 rings (SSSR count). The number of nitrogens with zero attached hydrogens (tertiary/aromatic N) is 5. The van der Waals surface area contributed by atoms with Gasteiger partial charge in [0.25, 0.3) is 0 Å². The van der Waals surface area contributed by atoms with Crippen LogP contribution >= 0.6 is 0 Å². The molecule has 4 atom stereocenters. The van der Waals surface area contributed by atoms with Gasteiger partial charge in [-0.2, -0.15) is 18.4 Å². The maximum absolute atomic E-state index is 12.9. The Kier molecular flexibility index (Phi) is 7.84. The van der Waals surface area contributed by atoms with Crippen molar-refractivity contribution in [2.24, 2.45) is 27.7 Å². The van der Waals surface area contributed by atoms with Crippen LogP contribution in [0.1, 0.15) is 38.5 Å². The molecule has 3 heterocycles. The van der Waals surface area contributed by atoms with E-state index in [-0.39, 0.29) is 42.8 Å². The van der Waals surface area contributed by atoms with E-state index >= 15 is 0 Å². The Hall–Kier alpha value is -2.87. The molecule has 2 aliphatic carbocycles. The fourth-order valence-electron chi connectivity index (χ4n) is 5.88. The highest BCUT2D eigenvalue weighted by molar-refractivity contribution is 6.29. The Labute approximate surface area is 215 Å². The molecule has 4 aliphatic rings. The molecule has 8 nitrogen and oxygen atoms in total. The summed E-state index contributed by atoms with van der Waals surface area (Å²) in [5.74, 6) is 0.305. The number of hydrogen-bond acceptors (Lipinski definition) is 8. The summed E-state index contributed by atoms with van der Waals surface area (Å²) in [5.41, 5.74) is 0.830. The summed E-state index contributed by atoms with van der Waals surface area (Å²) in [6.45, 7) is 3.52. The first-order chi connectivity index (χ1) is 17.9. The summed E-state index contributed by atoms with van der Waals surface area (Å²) in [6, 6.07) is 6.08. The van der Waals surface area contributed by atoms with Gasteiger partial charge < -0.3 is 20.3 Å². The molecule has 37 heavy (non-hydrogen) atoms. The molecule has 3 fully saturated rings. The number of rotatable bonds is 5. The fraction of sp³-hybridized carbons (Fsp3) is 0.692. The van der Waals surface area contributed by atoms with Crippen LogP contribution in [0.5, 0.6) is 0 Å². The van der Waals surface area contributed by atoms with E-state index in [4.69, 9.17) is 14.7 Å². The number of hydrogen-bond donors (Lipinski definition) is 2. The van der Waals surface area contributed by atoms with E-state index in [0.717, 1.165) is 37.5 Å². The lowest BCUT2D eigenvalue weighted by atomic mass is 9.78. The molecule has 11 heteroatoms. The summed E-state index contributed by atoms with van der Waals surface area (Å²) in [5, 5.41) is 16.8. The van der Waals surface area contributed by atoms with Gasteiger partial charge in [0.05, 0.1) is 61.3 Å². The highest BCUT2D eigenvalue weighted by atomic mass is 19.4. The van der Waals surface area contributed by atoms with Crippen molar-refractivity contribution in [3.8, 4) is 6.07 Å². The van der Waals surface area contributed by atoms with Crippen LogP contribution < -0.4 is 10.6 Å². The Morgan fingerprint density at radius 2 is 1.86 bits per heavy atom. The summed E-state index contributed by atoms with van der Waals surface area (Å²) in [4.78, 5) is 16.4. The minimum Gasteiger partial charge on any atom is -0.380 e. The second-order valence-electron chi connectivity index (χ2n) is 10.5. The van der Waals surface area contributed by atoms with Crippen molar-refractivity contribution in [2.75, 3.05) is 43.5 Å². The molecule has 0 amide bonds. The number of morpholine rings is 1. The van der Waals surface area contributed by atoms with Crippen molar-refractivity contribution in [3.05, 3.63) is 18.3 Å². The van der Waals surface area contributed by atoms with Gasteiger partial charge in [-0.15, -0.1) is 0 Å². The predicted molar refractivity (Wildman–Crippen MR) is 136 cm³/mol. The third kappa shape index (κ3) is 6.17. The molecule has 1 aromatic heterocycles. The van der Waals surface area contributed by atoms with E-state index in [1.54, 1.807) is 6.20 Å². The molecule has 1 aromatic rings. The number of aliphatic imine (C=N–C) groups is 2. The van der Waals surface area contributed by atoms with Crippen LogP contribution in [0.15, 0.2) is 28.3 Å². The van der Waals surface area contributed by atoms with Gasteiger partial charge in [0.15, 0.2) is 0 Å². The minimum absolute atomic E-state index is 0.0309. The van der Waals surface area contributed by atoms with Crippen molar-refractivity contribution in [2.45, 2.75) is 62.8 Å². The number of fused-ring (bicyclic) bond motifs is 1. The van der Waals surface area contributed by atoms with Gasteiger partial charge >= 0.3 is 6.18 Å². The Morgan fingerprint density at radius 3 is 2.54 bits per heavy atom. The van der Waals surface area contributed by atoms with E-state index in [2.05, 4.69) is 26.6 Å². The SMILES string of the molecule is N#CC1C(Nc2ccc(NCC3CCC(C(F)(F)F)CC3)nc2)CCC2N=CC(N3CCOCC3)=NC21. The predicted octanol–water partition coefficient (Wildman–Crippen LogP) is 4.13. The smallest absolute Gasteiger partial charge is 0.380 e. The standard InChI is InChI=1S/C26H34F3N7O/c27-26(28,29)18-3-1-17(2-4-18)14-32-23-8-5-19(15-33-23)34-21-6-7-22-25(20(21)13-30)35-24(16-31-22)36-9-11-37-12-10-36/h5,8,15-18,20-22,25,34H,1-4,6-7,9-12,14H2,(H,32,33). The third-order valence-electron chi connectivity index (χ3n) is 8.11. The molecular weight excluding hydrogens is 483 g/mol. The monoisotopic (exact) mass is 517 g/mol. The zero-order valence-corrected chi connectivity index (χ0v) is 20.8. The molecule has 2 aliphatic heterocycles. The lowest BCUT2D eigenvalue weighted by Gasteiger charge is -2.40. The molecule has 2 N–H and O–H groups in total. The first kappa shape index (κ1) is 25.8. The maximum atomic E-state index is 12.9. The fourth-order valence-corrected chi connectivity index (χ4v) is 5.88. The normalized spacial score (nSPS) is 32.2. The Balaban J connectivity index is 1.14. The van der Waals surface area contributed by atoms with Crippen molar-refractivity contribution in [1.82, 2.24) is 9.88 Å². The summed E-state index contributed by atoms with van der Waals surface area (Å²) >= 11 is 0. The highest BCUT2D eigenvalue weighted by Crippen LogP contribution is 2.39. The third-order valence-corrected chi connectivity index (χ3v) is 8.11. The van der Waals surface area contributed by atoms with Crippen LogP contribution in [-0.2, 0) is 4.74 Å². The molecule has 0 radical (unpaired) electrons. The number of alkyl halides is 3. The van der Waals surface area contributed by atoms with Crippen molar-refractivity contribution in [3.63, 3.8) is 0 Å². The highest BCUT2D eigenvalue weighted by Gasteiger charge is 2.42. The minimum atomic E-state index is -4.08. The van der Waals surface area contributed by atoms with Crippen LogP contribution in [0.4, 0.5) is 24.7 Å². The molecule has 200 valence electrons. The zero-order chi connectivity index (χ0) is 25.8. The van der Waals surface area contributed by atoms with Gasteiger partial charge in [0, 0.05) is 25.7 Å².